The van der Waals surface area contributed by atoms with Crippen LogP contribution in [0, 0.1) is 0 Å². The van der Waals surface area contributed by atoms with E-state index in [0.29, 0.717) is 0 Å². The first kappa shape index (κ1) is 15.1. The molecular formula is C17H17Br2NO. The van der Waals surface area contributed by atoms with Gasteiger partial charge in [0.25, 0.3) is 0 Å². The Balaban J connectivity index is 2.10. The Hall–Kier alpha value is -0.840. The fraction of sp³-hybridized carbons (Fsp3) is 0.294. The molecule has 2 aromatic rings. The maximum atomic E-state index is 5.89. The van der Waals surface area contributed by atoms with Gasteiger partial charge in [-0.25, -0.2) is 0 Å². The van der Waals surface area contributed by atoms with E-state index in [9.17, 15) is 0 Å². The highest BCUT2D eigenvalue weighted by Crippen LogP contribution is 2.39. The van der Waals surface area contributed by atoms with Crippen molar-refractivity contribution in [2.45, 2.75) is 19.4 Å². The average Bonchev–Trinajstić information content (AvgIpc) is 2.92. The van der Waals surface area contributed by atoms with Crippen LogP contribution in [0.3, 0.4) is 0 Å². The maximum Gasteiger partial charge on any atom is 0.127 e. The summed E-state index contributed by atoms with van der Waals surface area (Å²) in [5, 5.41) is 3.58. The van der Waals surface area contributed by atoms with Gasteiger partial charge in [0.05, 0.1) is 12.6 Å². The molecule has 0 aromatic heterocycles. The van der Waals surface area contributed by atoms with Crippen molar-refractivity contribution in [3.8, 4) is 5.75 Å². The molecule has 0 fully saturated rings. The highest BCUT2D eigenvalue weighted by molar-refractivity contribution is 9.10. The highest BCUT2D eigenvalue weighted by Gasteiger charge is 2.24. The average molecular weight is 411 g/mol. The molecule has 1 atom stereocenters. The molecule has 0 saturated carbocycles. The van der Waals surface area contributed by atoms with E-state index in [1.807, 2.05) is 6.07 Å². The molecule has 1 unspecified atom stereocenters. The van der Waals surface area contributed by atoms with Gasteiger partial charge < -0.3 is 10.1 Å². The van der Waals surface area contributed by atoms with E-state index in [1.165, 1.54) is 16.7 Å². The number of rotatable bonds is 4. The van der Waals surface area contributed by atoms with Crippen LogP contribution >= 0.6 is 31.9 Å². The Bertz CT molecular complexity index is 657. The zero-order valence-corrected chi connectivity index (χ0v) is 15.0. The molecule has 0 amide bonds. The summed E-state index contributed by atoms with van der Waals surface area (Å²) in [6.45, 7) is 3.80. The Kier molecular flexibility index (Phi) is 4.67. The first-order valence-corrected chi connectivity index (χ1v) is 8.71. The molecule has 3 rings (SSSR count). The third kappa shape index (κ3) is 3.17. The lowest BCUT2D eigenvalue weighted by molar-refractivity contribution is 0.350. The standard InChI is InChI=1S/C17H17Br2NO/c1-2-20-16(11-4-3-5-13(18)8-11)15-10-14(19)9-12-6-7-21-17(12)15/h3-5,8-10,16,20H,2,6-7H2,1H3. The predicted molar refractivity (Wildman–Crippen MR) is 93.0 cm³/mol. The van der Waals surface area contributed by atoms with Gasteiger partial charge in [0.15, 0.2) is 0 Å². The maximum absolute atomic E-state index is 5.89. The van der Waals surface area contributed by atoms with Crippen LogP contribution in [0.15, 0.2) is 45.3 Å². The smallest absolute Gasteiger partial charge is 0.127 e. The molecule has 0 aliphatic carbocycles. The minimum Gasteiger partial charge on any atom is -0.493 e. The fourth-order valence-electron chi connectivity index (χ4n) is 2.81. The van der Waals surface area contributed by atoms with Gasteiger partial charge in [0, 0.05) is 20.9 Å². The van der Waals surface area contributed by atoms with E-state index in [1.54, 1.807) is 0 Å². The number of hydrogen-bond donors (Lipinski definition) is 1. The molecule has 0 spiro atoms. The second-order valence-electron chi connectivity index (χ2n) is 5.13. The SMILES string of the molecule is CCNC(c1cccc(Br)c1)c1cc(Br)cc2c1OCC2. The summed E-state index contributed by atoms with van der Waals surface area (Å²) < 4.78 is 8.09. The van der Waals surface area contributed by atoms with Crippen molar-refractivity contribution in [3.05, 3.63) is 62.0 Å². The van der Waals surface area contributed by atoms with Gasteiger partial charge in [0.2, 0.25) is 0 Å². The van der Waals surface area contributed by atoms with Crippen LogP contribution in [-0.4, -0.2) is 13.2 Å². The van der Waals surface area contributed by atoms with E-state index in [2.05, 4.69) is 74.4 Å². The quantitative estimate of drug-likeness (QED) is 0.778. The van der Waals surface area contributed by atoms with E-state index >= 15 is 0 Å². The van der Waals surface area contributed by atoms with Gasteiger partial charge in [-0.1, -0.05) is 50.9 Å². The number of benzene rings is 2. The Morgan fingerprint density at radius 2 is 2.05 bits per heavy atom. The third-order valence-corrected chi connectivity index (χ3v) is 4.63. The summed E-state index contributed by atoms with van der Waals surface area (Å²) >= 11 is 7.19. The number of halogens is 2. The van der Waals surface area contributed by atoms with Crippen molar-refractivity contribution >= 4 is 31.9 Å². The lowest BCUT2D eigenvalue weighted by Crippen LogP contribution is -2.22. The van der Waals surface area contributed by atoms with E-state index in [-0.39, 0.29) is 6.04 Å². The van der Waals surface area contributed by atoms with Gasteiger partial charge in [-0.3, -0.25) is 0 Å². The number of fused-ring (bicyclic) bond motifs is 1. The molecule has 1 heterocycles. The van der Waals surface area contributed by atoms with Crippen molar-refractivity contribution in [1.29, 1.82) is 0 Å². The summed E-state index contributed by atoms with van der Waals surface area (Å²) in [6, 6.07) is 12.9. The van der Waals surface area contributed by atoms with Crippen LogP contribution in [0.5, 0.6) is 5.75 Å². The monoisotopic (exact) mass is 409 g/mol. The zero-order chi connectivity index (χ0) is 14.8. The largest absolute Gasteiger partial charge is 0.493 e. The summed E-state index contributed by atoms with van der Waals surface area (Å²) in [5.74, 6) is 1.05. The molecule has 1 aliphatic heterocycles. The fourth-order valence-corrected chi connectivity index (χ4v) is 3.75. The van der Waals surface area contributed by atoms with E-state index < -0.39 is 0 Å². The van der Waals surface area contributed by atoms with Crippen molar-refractivity contribution < 1.29 is 4.74 Å². The first-order valence-electron chi connectivity index (χ1n) is 7.13. The van der Waals surface area contributed by atoms with Gasteiger partial charge in [-0.2, -0.15) is 0 Å². The molecule has 0 radical (unpaired) electrons. The molecule has 0 saturated heterocycles. The minimum atomic E-state index is 0.136. The summed E-state index contributed by atoms with van der Waals surface area (Å²) in [6.07, 6.45) is 0.985. The normalized spacial score (nSPS) is 14.6. The van der Waals surface area contributed by atoms with Crippen LogP contribution in [-0.2, 0) is 6.42 Å². The molecule has 1 N–H and O–H groups in total. The molecular weight excluding hydrogens is 394 g/mol. The molecule has 110 valence electrons. The van der Waals surface area contributed by atoms with Gasteiger partial charge in [0.1, 0.15) is 5.75 Å². The lowest BCUT2D eigenvalue weighted by atomic mass is 9.96. The number of nitrogens with one attached hydrogen (secondary N) is 1. The van der Waals surface area contributed by atoms with Crippen molar-refractivity contribution in [2.75, 3.05) is 13.2 Å². The Morgan fingerprint density at radius 1 is 1.19 bits per heavy atom. The molecule has 1 aliphatic rings. The van der Waals surface area contributed by atoms with Crippen molar-refractivity contribution in [3.63, 3.8) is 0 Å². The molecule has 0 bridgehead atoms. The molecule has 2 nitrogen and oxygen atoms in total. The second-order valence-corrected chi connectivity index (χ2v) is 6.96. The summed E-state index contributed by atoms with van der Waals surface area (Å²) in [7, 11) is 0. The predicted octanol–water partition coefficient (Wildman–Crippen LogP) is 4.85. The summed E-state index contributed by atoms with van der Waals surface area (Å²) in [5.41, 5.74) is 3.73. The number of ether oxygens (including phenoxy) is 1. The Morgan fingerprint density at radius 3 is 2.81 bits per heavy atom. The lowest BCUT2D eigenvalue weighted by Gasteiger charge is -2.22. The molecule has 4 heteroatoms. The van der Waals surface area contributed by atoms with Gasteiger partial charge >= 0.3 is 0 Å². The van der Waals surface area contributed by atoms with Gasteiger partial charge in [-0.05, 0) is 41.9 Å². The van der Waals surface area contributed by atoms with E-state index in [0.717, 1.165) is 34.3 Å². The Labute approximate surface area is 142 Å². The van der Waals surface area contributed by atoms with Crippen LogP contribution in [0.25, 0.3) is 0 Å². The molecule has 21 heavy (non-hydrogen) atoms. The first-order chi connectivity index (χ1) is 10.2. The zero-order valence-electron chi connectivity index (χ0n) is 11.8. The highest BCUT2D eigenvalue weighted by atomic mass is 79.9. The number of hydrogen-bond acceptors (Lipinski definition) is 2. The van der Waals surface area contributed by atoms with Crippen LogP contribution < -0.4 is 10.1 Å². The topological polar surface area (TPSA) is 21.3 Å². The van der Waals surface area contributed by atoms with Crippen LogP contribution in [0.1, 0.15) is 29.7 Å². The third-order valence-electron chi connectivity index (χ3n) is 3.68. The van der Waals surface area contributed by atoms with Gasteiger partial charge in [-0.15, -0.1) is 0 Å². The van der Waals surface area contributed by atoms with Crippen molar-refractivity contribution in [2.24, 2.45) is 0 Å². The summed E-state index contributed by atoms with van der Waals surface area (Å²) in [4.78, 5) is 0. The van der Waals surface area contributed by atoms with Crippen LogP contribution in [0.2, 0.25) is 0 Å². The van der Waals surface area contributed by atoms with E-state index in [4.69, 9.17) is 4.74 Å². The second kappa shape index (κ2) is 6.51. The molecule has 2 aromatic carbocycles. The van der Waals surface area contributed by atoms with Crippen LogP contribution in [0.4, 0.5) is 0 Å². The van der Waals surface area contributed by atoms with Crippen molar-refractivity contribution in [1.82, 2.24) is 5.32 Å². The minimum absolute atomic E-state index is 0.136.